The predicted molar refractivity (Wildman–Crippen MR) is 116 cm³/mol. The Kier molecular flexibility index (Phi) is 5.49. The van der Waals surface area contributed by atoms with Crippen molar-refractivity contribution >= 4 is 44.3 Å². The molecule has 2 heterocycles. The van der Waals surface area contributed by atoms with Gasteiger partial charge >= 0.3 is 0 Å². The zero-order chi connectivity index (χ0) is 20.4. The van der Waals surface area contributed by atoms with E-state index in [1.807, 2.05) is 24.3 Å². The molecule has 0 aliphatic carbocycles. The van der Waals surface area contributed by atoms with E-state index in [1.165, 1.54) is 10.6 Å². The van der Waals surface area contributed by atoms with Gasteiger partial charge in [0.15, 0.2) is 0 Å². The summed E-state index contributed by atoms with van der Waals surface area (Å²) in [5, 5.41) is 3.48. The van der Waals surface area contributed by atoms with E-state index in [2.05, 4.69) is 21.2 Å². The molecular weight excluding hydrogens is 434 g/mol. The van der Waals surface area contributed by atoms with Crippen LogP contribution < -0.4 is 10.9 Å². The molecule has 1 aromatic heterocycles. The number of halogens is 1. The average molecular weight is 454 g/mol. The number of hydrogen-bond donors (Lipinski definition) is 1. The molecule has 1 fully saturated rings. The maximum Gasteiger partial charge on any atom is 0.254 e. The van der Waals surface area contributed by atoms with Gasteiger partial charge < -0.3 is 10.2 Å². The molecule has 4 rings (SSSR count). The van der Waals surface area contributed by atoms with Crippen LogP contribution >= 0.6 is 15.9 Å². The molecule has 0 saturated carbocycles. The molecule has 1 aliphatic rings. The summed E-state index contributed by atoms with van der Waals surface area (Å²) < 4.78 is 2.26. The number of amides is 2. The summed E-state index contributed by atoms with van der Waals surface area (Å²) in [5.74, 6) is -0.435. The zero-order valence-corrected chi connectivity index (χ0v) is 17.3. The topological polar surface area (TPSA) is 71.4 Å². The van der Waals surface area contributed by atoms with Crippen molar-refractivity contribution in [2.24, 2.45) is 0 Å². The summed E-state index contributed by atoms with van der Waals surface area (Å²) in [6.07, 6.45) is 1.97. The minimum atomic E-state index is -0.365. The highest BCUT2D eigenvalue weighted by molar-refractivity contribution is 9.10. The number of aromatic nitrogens is 1. The number of carbonyl (C=O) groups is 2. The van der Waals surface area contributed by atoms with Gasteiger partial charge in [-0.05, 0) is 37.1 Å². The third-order valence-corrected chi connectivity index (χ3v) is 5.55. The predicted octanol–water partition coefficient (Wildman–Crippen LogP) is 3.64. The number of pyridine rings is 1. The molecule has 0 spiro atoms. The molecule has 7 heteroatoms. The normalized spacial score (nSPS) is 13.6. The minimum absolute atomic E-state index is 0.124. The Bertz CT molecular complexity index is 1150. The highest BCUT2D eigenvalue weighted by atomic mass is 79.9. The van der Waals surface area contributed by atoms with Crippen LogP contribution in [0.5, 0.6) is 0 Å². The van der Waals surface area contributed by atoms with Gasteiger partial charge in [0.2, 0.25) is 5.91 Å². The van der Waals surface area contributed by atoms with Crippen LogP contribution in [0.3, 0.4) is 0 Å². The van der Waals surface area contributed by atoms with Crippen molar-refractivity contribution in [2.45, 2.75) is 19.4 Å². The number of hydrogen-bond acceptors (Lipinski definition) is 3. The molecule has 29 heavy (non-hydrogen) atoms. The molecule has 0 atom stereocenters. The smallest absolute Gasteiger partial charge is 0.254 e. The lowest BCUT2D eigenvalue weighted by molar-refractivity contribution is -0.116. The first-order chi connectivity index (χ1) is 14.0. The fourth-order valence-corrected chi connectivity index (χ4v) is 4.07. The van der Waals surface area contributed by atoms with Crippen LogP contribution in [0.15, 0.2) is 63.9 Å². The molecular formula is C22H20BrN3O3. The number of anilines is 1. The van der Waals surface area contributed by atoms with Crippen LogP contribution in [0.1, 0.15) is 23.2 Å². The molecule has 3 aromatic rings. The lowest BCUT2D eigenvalue weighted by atomic mass is 10.1. The van der Waals surface area contributed by atoms with E-state index in [1.54, 1.807) is 29.2 Å². The van der Waals surface area contributed by atoms with E-state index in [0.717, 1.165) is 17.3 Å². The second kappa shape index (κ2) is 8.21. The van der Waals surface area contributed by atoms with Crippen LogP contribution in [0.2, 0.25) is 0 Å². The Labute approximate surface area is 176 Å². The van der Waals surface area contributed by atoms with Crippen LogP contribution in [-0.2, 0) is 11.3 Å². The van der Waals surface area contributed by atoms with Gasteiger partial charge in [0.25, 0.3) is 11.5 Å². The summed E-state index contributed by atoms with van der Waals surface area (Å²) in [7, 11) is 0. The molecule has 1 saturated heterocycles. The van der Waals surface area contributed by atoms with Crippen molar-refractivity contribution in [3.63, 3.8) is 0 Å². The Morgan fingerprint density at radius 3 is 2.52 bits per heavy atom. The first-order valence-corrected chi connectivity index (χ1v) is 10.3. The van der Waals surface area contributed by atoms with Crippen molar-refractivity contribution in [3.05, 3.63) is 75.0 Å². The number of para-hydroxylation sites is 1. The van der Waals surface area contributed by atoms with E-state index >= 15 is 0 Å². The second-order valence-electron chi connectivity index (χ2n) is 7.06. The van der Waals surface area contributed by atoms with Crippen LogP contribution in [-0.4, -0.2) is 34.4 Å². The molecule has 6 nitrogen and oxygen atoms in total. The van der Waals surface area contributed by atoms with E-state index in [-0.39, 0.29) is 23.9 Å². The quantitative estimate of drug-likeness (QED) is 0.655. The molecule has 0 radical (unpaired) electrons. The van der Waals surface area contributed by atoms with Crippen molar-refractivity contribution in [1.82, 2.24) is 9.47 Å². The van der Waals surface area contributed by atoms with Gasteiger partial charge in [0.1, 0.15) is 6.54 Å². The van der Waals surface area contributed by atoms with E-state index in [4.69, 9.17) is 0 Å². The molecule has 1 aliphatic heterocycles. The molecule has 1 N–H and O–H groups in total. The maximum atomic E-state index is 12.9. The van der Waals surface area contributed by atoms with Gasteiger partial charge in [-0.15, -0.1) is 0 Å². The lowest BCUT2D eigenvalue weighted by Gasteiger charge is -2.18. The van der Waals surface area contributed by atoms with Crippen LogP contribution in [0.4, 0.5) is 5.69 Å². The Morgan fingerprint density at radius 1 is 1.00 bits per heavy atom. The first-order valence-electron chi connectivity index (χ1n) is 9.50. The summed E-state index contributed by atoms with van der Waals surface area (Å²) in [5.41, 5.74) is 1.25. The monoisotopic (exact) mass is 453 g/mol. The Morgan fingerprint density at radius 2 is 1.76 bits per heavy atom. The van der Waals surface area contributed by atoms with Gasteiger partial charge in [-0.1, -0.05) is 40.2 Å². The number of rotatable bonds is 4. The third kappa shape index (κ3) is 4.10. The van der Waals surface area contributed by atoms with Crippen LogP contribution in [0.25, 0.3) is 10.9 Å². The number of fused-ring (bicyclic) bond motifs is 1. The molecule has 2 amide bonds. The summed E-state index contributed by atoms with van der Waals surface area (Å²) in [6, 6.07) is 15.8. The minimum Gasteiger partial charge on any atom is -0.339 e. The molecule has 0 bridgehead atoms. The number of carbonyl (C=O) groups excluding carboxylic acids is 2. The van der Waals surface area contributed by atoms with Crippen molar-refractivity contribution in [1.29, 1.82) is 0 Å². The molecule has 2 aromatic carbocycles. The number of likely N-dealkylation sites (tertiary alicyclic amines) is 1. The van der Waals surface area contributed by atoms with E-state index in [9.17, 15) is 14.4 Å². The number of nitrogens with zero attached hydrogens (tertiary/aromatic N) is 2. The van der Waals surface area contributed by atoms with Crippen molar-refractivity contribution in [2.75, 3.05) is 18.4 Å². The van der Waals surface area contributed by atoms with Crippen molar-refractivity contribution in [3.8, 4) is 0 Å². The number of benzene rings is 2. The van der Waals surface area contributed by atoms with Crippen LogP contribution in [0, 0.1) is 0 Å². The summed E-state index contributed by atoms with van der Waals surface area (Å²) >= 11 is 3.37. The Balaban J connectivity index is 1.67. The van der Waals surface area contributed by atoms with E-state index < -0.39 is 0 Å². The summed E-state index contributed by atoms with van der Waals surface area (Å²) in [4.78, 5) is 40.1. The molecule has 148 valence electrons. The molecule has 0 unspecified atom stereocenters. The van der Waals surface area contributed by atoms with Gasteiger partial charge in [-0.3, -0.25) is 19.0 Å². The zero-order valence-electron chi connectivity index (χ0n) is 15.7. The second-order valence-corrected chi connectivity index (χ2v) is 7.97. The van der Waals surface area contributed by atoms with Gasteiger partial charge in [-0.25, -0.2) is 0 Å². The largest absolute Gasteiger partial charge is 0.339 e. The standard InChI is InChI=1S/C22H20BrN3O3/c23-15-6-5-7-16(12-15)24-20(27)14-26-19-9-2-1-8-17(19)18(13-21(26)28)22(29)25-10-3-4-11-25/h1-2,5-9,12-13H,3-4,10-11,14H2,(H,24,27). The highest BCUT2D eigenvalue weighted by Crippen LogP contribution is 2.21. The fourth-order valence-electron chi connectivity index (χ4n) is 3.68. The Hall–Kier alpha value is -2.93. The SMILES string of the molecule is O=C(Cn1c(=O)cc(C(=O)N2CCCC2)c2ccccc21)Nc1cccc(Br)c1. The highest BCUT2D eigenvalue weighted by Gasteiger charge is 2.23. The third-order valence-electron chi connectivity index (χ3n) is 5.05. The fraction of sp³-hybridized carbons (Fsp3) is 0.227. The average Bonchev–Trinajstić information content (AvgIpc) is 3.24. The number of nitrogens with one attached hydrogen (secondary N) is 1. The summed E-state index contributed by atoms with van der Waals surface area (Å²) in [6.45, 7) is 1.29. The first kappa shape index (κ1) is 19.4. The lowest BCUT2D eigenvalue weighted by Crippen LogP contribution is -2.32. The van der Waals surface area contributed by atoms with Crippen molar-refractivity contribution < 1.29 is 9.59 Å². The maximum absolute atomic E-state index is 12.9. The van der Waals surface area contributed by atoms with Gasteiger partial charge in [0.05, 0.1) is 11.1 Å². The van der Waals surface area contributed by atoms with E-state index in [0.29, 0.717) is 35.2 Å². The van der Waals surface area contributed by atoms with Gasteiger partial charge in [0, 0.05) is 34.7 Å². The van der Waals surface area contributed by atoms with Gasteiger partial charge in [-0.2, -0.15) is 0 Å².